The molecular formula is C11H13BrClNO3S. The average molecular weight is 355 g/mol. The van der Waals surface area contributed by atoms with Crippen LogP contribution in [0.25, 0.3) is 0 Å². The first-order chi connectivity index (χ1) is 8.32. The Morgan fingerprint density at radius 1 is 1.39 bits per heavy atom. The maximum atomic E-state index is 11.7. The van der Waals surface area contributed by atoms with Crippen LogP contribution < -0.4 is 5.14 Å². The lowest BCUT2D eigenvalue weighted by atomic mass is 9.96. The Labute approximate surface area is 119 Å². The summed E-state index contributed by atoms with van der Waals surface area (Å²) in [5.74, 6) is -0.219. The molecule has 1 aromatic carbocycles. The van der Waals surface area contributed by atoms with E-state index in [-0.39, 0.29) is 15.8 Å². The Balaban J connectivity index is 2.64. The fourth-order valence-electron chi connectivity index (χ4n) is 2.43. The first kappa shape index (κ1) is 14.3. The molecule has 0 saturated heterocycles. The van der Waals surface area contributed by atoms with Gasteiger partial charge in [-0.1, -0.05) is 24.1 Å². The van der Waals surface area contributed by atoms with Crippen LogP contribution in [0.2, 0.25) is 5.02 Å². The van der Waals surface area contributed by atoms with E-state index in [1.54, 1.807) is 12.1 Å². The monoisotopic (exact) mass is 353 g/mol. The summed E-state index contributed by atoms with van der Waals surface area (Å²) in [6, 6.07) is 3.34. The number of benzene rings is 1. The molecule has 0 aliphatic heterocycles. The summed E-state index contributed by atoms with van der Waals surface area (Å²) in [7, 11) is -3.92. The van der Waals surface area contributed by atoms with Crippen molar-refractivity contribution in [1.82, 2.24) is 0 Å². The third-order valence-electron chi connectivity index (χ3n) is 3.24. The van der Waals surface area contributed by atoms with Gasteiger partial charge in [-0.15, -0.1) is 0 Å². The third kappa shape index (κ3) is 2.58. The number of aliphatic hydroxyl groups is 1. The van der Waals surface area contributed by atoms with Gasteiger partial charge in [-0.3, -0.25) is 0 Å². The zero-order chi connectivity index (χ0) is 13.5. The van der Waals surface area contributed by atoms with E-state index in [1.807, 2.05) is 0 Å². The van der Waals surface area contributed by atoms with Crippen molar-refractivity contribution in [1.29, 1.82) is 0 Å². The molecule has 18 heavy (non-hydrogen) atoms. The normalized spacial score (nSPS) is 24.4. The van der Waals surface area contributed by atoms with E-state index in [4.69, 9.17) is 16.7 Å². The van der Waals surface area contributed by atoms with Crippen molar-refractivity contribution < 1.29 is 13.5 Å². The van der Waals surface area contributed by atoms with Crippen LogP contribution in [0, 0.1) is 0 Å². The van der Waals surface area contributed by atoms with Crippen LogP contribution in [-0.4, -0.2) is 19.6 Å². The topological polar surface area (TPSA) is 80.4 Å². The van der Waals surface area contributed by atoms with Crippen molar-refractivity contribution in [2.75, 3.05) is 0 Å². The maximum absolute atomic E-state index is 11.7. The minimum Gasteiger partial charge on any atom is -0.392 e. The second-order valence-electron chi connectivity index (χ2n) is 4.43. The fraction of sp³-hybridized carbons (Fsp3) is 0.455. The Morgan fingerprint density at radius 3 is 2.56 bits per heavy atom. The Morgan fingerprint density at radius 2 is 2.06 bits per heavy atom. The number of aliphatic hydroxyl groups excluding tert-OH is 1. The van der Waals surface area contributed by atoms with Crippen molar-refractivity contribution >= 4 is 37.6 Å². The molecule has 1 aromatic rings. The summed E-state index contributed by atoms with van der Waals surface area (Å²) in [6.07, 6.45) is 1.73. The summed E-state index contributed by atoms with van der Waals surface area (Å²) in [6.45, 7) is 0. The van der Waals surface area contributed by atoms with Gasteiger partial charge in [-0.25, -0.2) is 13.6 Å². The van der Waals surface area contributed by atoms with Crippen molar-refractivity contribution in [3.63, 3.8) is 0 Å². The number of rotatable bonds is 2. The second-order valence-corrected chi connectivity index (χ2v) is 7.16. The summed E-state index contributed by atoms with van der Waals surface area (Å²) in [4.78, 5) is -0.0792. The van der Waals surface area contributed by atoms with E-state index >= 15 is 0 Å². The van der Waals surface area contributed by atoms with Crippen LogP contribution in [-0.2, 0) is 10.0 Å². The standard InChI is InChI=1S/C11H13BrClNO3S/c12-8-5-4-7(6-2-1-3-9(6)15)11(10(8)13)18(14,16)17/h4-6,9,15H,1-3H2,(H2,14,16,17)/t6-,9-/m1/s1. The highest BCUT2D eigenvalue weighted by molar-refractivity contribution is 9.10. The SMILES string of the molecule is NS(=O)(=O)c1c([C@H]2CCC[C@H]2O)ccc(Br)c1Cl. The molecule has 2 atom stereocenters. The quantitative estimate of drug-likeness (QED) is 0.855. The van der Waals surface area contributed by atoms with Gasteiger partial charge in [0.1, 0.15) is 4.90 Å². The molecule has 0 radical (unpaired) electrons. The highest BCUT2D eigenvalue weighted by atomic mass is 79.9. The van der Waals surface area contributed by atoms with Gasteiger partial charge < -0.3 is 5.11 Å². The van der Waals surface area contributed by atoms with Crippen molar-refractivity contribution in [2.45, 2.75) is 36.2 Å². The van der Waals surface area contributed by atoms with Crippen LogP contribution in [0.3, 0.4) is 0 Å². The molecule has 7 heteroatoms. The molecule has 3 N–H and O–H groups in total. The smallest absolute Gasteiger partial charge is 0.239 e. The van der Waals surface area contributed by atoms with Gasteiger partial charge in [-0.2, -0.15) is 0 Å². The number of hydrogen-bond acceptors (Lipinski definition) is 3. The zero-order valence-electron chi connectivity index (χ0n) is 9.44. The van der Waals surface area contributed by atoms with Crippen LogP contribution in [0.1, 0.15) is 30.7 Å². The van der Waals surface area contributed by atoms with Gasteiger partial charge in [0.15, 0.2) is 0 Å². The average Bonchev–Trinajstić information content (AvgIpc) is 2.66. The molecule has 1 aliphatic carbocycles. The summed E-state index contributed by atoms with van der Waals surface area (Å²) in [5, 5.41) is 15.2. The summed E-state index contributed by atoms with van der Waals surface area (Å²) >= 11 is 9.20. The number of nitrogens with two attached hydrogens (primary N) is 1. The Hall–Kier alpha value is -0.140. The molecule has 100 valence electrons. The van der Waals surface area contributed by atoms with Gasteiger partial charge in [0, 0.05) is 10.4 Å². The van der Waals surface area contributed by atoms with E-state index in [1.165, 1.54) is 0 Å². The van der Waals surface area contributed by atoms with E-state index in [2.05, 4.69) is 15.9 Å². The first-order valence-corrected chi connectivity index (χ1v) is 8.23. The van der Waals surface area contributed by atoms with E-state index in [9.17, 15) is 13.5 Å². The lowest BCUT2D eigenvalue weighted by Crippen LogP contribution is -2.20. The largest absolute Gasteiger partial charge is 0.392 e. The fourth-order valence-corrected chi connectivity index (χ4v) is 4.30. The maximum Gasteiger partial charge on any atom is 0.239 e. The highest BCUT2D eigenvalue weighted by Gasteiger charge is 2.32. The van der Waals surface area contributed by atoms with Crippen molar-refractivity contribution in [2.24, 2.45) is 5.14 Å². The van der Waals surface area contributed by atoms with E-state index in [0.29, 0.717) is 16.5 Å². The van der Waals surface area contributed by atoms with Gasteiger partial charge >= 0.3 is 0 Å². The van der Waals surface area contributed by atoms with Gasteiger partial charge in [0.25, 0.3) is 0 Å². The predicted octanol–water partition coefficient (Wildman–Crippen LogP) is 2.38. The molecule has 1 aliphatic rings. The number of halogens is 2. The molecule has 0 bridgehead atoms. The molecule has 0 amide bonds. The number of sulfonamides is 1. The molecule has 4 nitrogen and oxygen atoms in total. The van der Waals surface area contributed by atoms with Gasteiger partial charge in [0.05, 0.1) is 11.1 Å². The molecule has 2 rings (SSSR count). The molecule has 0 aromatic heterocycles. The summed E-state index contributed by atoms with van der Waals surface area (Å²) < 4.78 is 23.8. The van der Waals surface area contributed by atoms with Gasteiger partial charge in [-0.05, 0) is 40.4 Å². The zero-order valence-corrected chi connectivity index (χ0v) is 12.6. The highest BCUT2D eigenvalue weighted by Crippen LogP contribution is 2.41. The van der Waals surface area contributed by atoms with Crippen LogP contribution >= 0.6 is 27.5 Å². The predicted molar refractivity (Wildman–Crippen MR) is 73.1 cm³/mol. The number of primary sulfonamides is 1. The number of hydrogen-bond donors (Lipinski definition) is 2. The van der Waals surface area contributed by atoms with Crippen molar-refractivity contribution in [3.8, 4) is 0 Å². The first-order valence-electron chi connectivity index (χ1n) is 5.51. The molecule has 1 fully saturated rings. The van der Waals surface area contributed by atoms with Crippen molar-refractivity contribution in [3.05, 3.63) is 27.2 Å². The molecule has 0 heterocycles. The Bertz CT molecular complexity index is 576. The molecule has 0 spiro atoms. The lowest BCUT2D eigenvalue weighted by molar-refractivity contribution is 0.163. The van der Waals surface area contributed by atoms with E-state index < -0.39 is 16.1 Å². The summed E-state index contributed by atoms with van der Waals surface area (Å²) in [5.41, 5.74) is 0.510. The minimum absolute atomic E-state index is 0.0779. The third-order valence-corrected chi connectivity index (χ3v) is 5.65. The van der Waals surface area contributed by atoms with E-state index in [0.717, 1.165) is 12.8 Å². The minimum atomic E-state index is -3.92. The lowest BCUT2D eigenvalue weighted by Gasteiger charge is -2.19. The van der Waals surface area contributed by atoms with Crippen LogP contribution in [0.5, 0.6) is 0 Å². The van der Waals surface area contributed by atoms with Crippen LogP contribution in [0.4, 0.5) is 0 Å². The van der Waals surface area contributed by atoms with Gasteiger partial charge in [0.2, 0.25) is 10.0 Å². The second kappa shape index (κ2) is 5.09. The van der Waals surface area contributed by atoms with Crippen LogP contribution in [0.15, 0.2) is 21.5 Å². The molecular weight excluding hydrogens is 342 g/mol. The molecule has 0 unspecified atom stereocenters. The Kier molecular flexibility index (Phi) is 4.04. The molecule has 1 saturated carbocycles.